The van der Waals surface area contributed by atoms with Gasteiger partial charge in [0.25, 0.3) is 0 Å². The Bertz CT molecular complexity index is 1280. The zero-order valence-electron chi connectivity index (χ0n) is 19.9. The van der Waals surface area contributed by atoms with Crippen LogP contribution in [0.25, 0.3) is 0 Å². The fourth-order valence-corrected chi connectivity index (χ4v) is 5.00. The summed E-state index contributed by atoms with van der Waals surface area (Å²) in [5, 5.41) is 7.29. The Hall–Kier alpha value is -3.80. The number of aryl methyl sites for hydroxylation is 2. The van der Waals surface area contributed by atoms with Gasteiger partial charge in [0.1, 0.15) is 11.5 Å². The Morgan fingerprint density at radius 1 is 0.912 bits per heavy atom. The maximum absolute atomic E-state index is 13.8. The van der Waals surface area contributed by atoms with Crippen LogP contribution in [0, 0.1) is 13.8 Å². The van der Waals surface area contributed by atoms with E-state index in [1.165, 1.54) is 11.1 Å². The number of Topliss-reactive ketones (excluding diaryl/α,β-unsaturated/α-hetero) is 1. The number of nitrogens with zero attached hydrogens (tertiary/aromatic N) is 1. The number of carbonyl (C=O) groups is 1. The van der Waals surface area contributed by atoms with Gasteiger partial charge in [-0.3, -0.25) is 9.78 Å². The van der Waals surface area contributed by atoms with Crippen molar-refractivity contribution in [2.45, 2.75) is 38.6 Å². The third-order valence-corrected chi connectivity index (χ3v) is 6.93. The number of nitrogens with one attached hydrogen (secondary N) is 2. The van der Waals surface area contributed by atoms with E-state index in [0.29, 0.717) is 12.8 Å². The van der Waals surface area contributed by atoms with Gasteiger partial charge in [-0.2, -0.15) is 0 Å². The van der Waals surface area contributed by atoms with Crippen LogP contribution in [0.3, 0.4) is 0 Å². The van der Waals surface area contributed by atoms with E-state index in [1.807, 2.05) is 30.3 Å². The predicted octanol–water partition coefficient (Wildman–Crippen LogP) is 5.70. The minimum absolute atomic E-state index is 0.0185. The molecular weight excluding hydrogens is 426 g/mol. The maximum atomic E-state index is 13.8. The Kier molecular flexibility index (Phi) is 5.74. The molecule has 1 aromatic heterocycles. The number of anilines is 2. The van der Waals surface area contributed by atoms with Crippen molar-refractivity contribution in [3.8, 4) is 11.5 Å². The first-order valence-corrected chi connectivity index (χ1v) is 11.5. The molecule has 0 amide bonds. The molecule has 5 rings (SSSR count). The molecule has 0 radical (unpaired) electrons. The number of hydrogen-bond acceptors (Lipinski definition) is 6. The summed E-state index contributed by atoms with van der Waals surface area (Å²) in [4.78, 5) is 17.9. The number of methoxy groups -OCH3 is 2. The number of pyridine rings is 1. The van der Waals surface area contributed by atoms with Crippen LogP contribution >= 0.6 is 0 Å². The number of benzene rings is 2. The van der Waals surface area contributed by atoms with E-state index in [0.717, 1.165) is 45.3 Å². The molecule has 0 saturated heterocycles. The molecule has 2 N–H and O–H groups in total. The first-order chi connectivity index (χ1) is 16.5. The highest BCUT2D eigenvalue weighted by atomic mass is 16.5. The molecule has 2 aromatic carbocycles. The van der Waals surface area contributed by atoms with Gasteiger partial charge in [0.05, 0.1) is 31.6 Å². The minimum atomic E-state index is -0.255. The lowest BCUT2D eigenvalue weighted by molar-refractivity contribution is -0.116. The van der Waals surface area contributed by atoms with E-state index >= 15 is 0 Å². The van der Waals surface area contributed by atoms with Crippen molar-refractivity contribution in [3.63, 3.8) is 0 Å². The Balaban J connectivity index is 1.63. The molecule has 2 aliphatic rings. The van der Waals surface area contributed by atoms with Gasteiger partial charge in [-0.05, 0) is 79.4 Å². The fourth-order valence-electron chi connectivity index (χ4n) is 5.00. The Morgan fingerprint density at radius 3 is 2.35 bits per heavy atom. The largest absolute Gasteiger partial charge is 0.497 e. The number of ketones is 1. The first kappa shape index (κ1) is 22.0. The number of rotatable bonds is 4. The van der Waals surface area contributed by atoms with Gasteiger partial charge in [0, 0.05) is 41.6 Å². The van der Waals surface area contributed by atoms with E-state index in [1.54, 1.807) is 26.6 Å². The zero-order valence-corrected chi connectivity index (χ0v) is 19.9. The van der Waals surface area contributed by atoms with Gasteiger partial charge in [0.2, 0.25) is 0 Å². The van der Waals surface area contributed by atoms with E-state index in [4.69, 9.17) is 9.47 Å². The predicted molar refractivity (Wildman–Crippen MR) is 134 cm³/mol. The maximum Gasteiger partial charge on any atom is 0.163 e. The smallest absolute Gasteiger partial charge is 0.163 e. The van der Waals surface area contributed by atoms with Crippen LogP contribution < -0.4 is 20.1 Å². The molecule has 1 aliphatic carbocycles. The van der Waals surface area contributed by atoms with Gasteiger partial charge in [-0.15, -0.1) is 0 Å². The number of ether oxygens (including phenoxy) is 2. The highest BCUT2D eigenvalue weighted by Crippen LogP contribution is 2.46. The van der Waals surface area contributed by atoms with E-state index in [2.05, 4.69) is 41.6 Å². The number of aromatic nitrogens is 1. The third-order valence-electron chi connectivity index (χ3n) is 6.93. The summed E-state index contributed by atoms with van der Waals surface area (Å²) in [6, 6.07) is 13.8. The van der Waals surface area contributed by atoms with Crippen LogP contribution in [0.2, 0.25) is 0 Å². The second-order valence-electron chi connectivity index (χ2n) is 8.99. The van der Waals surface area contributed by atoms with Crippen molar-refractivity contribution in [3.05, 3.63) is 88.4 Å². The summed E-state index contributed by atoms with van der Waals surface area (Å²) < 4.78 is 11.1. The third kappa shape index (κ3) is 3.89. The van der Waals surface area contributed by atoms with Crippen LogP contribution in [0.1, 0.15) is 47.1 Å². The van der Waals surface area contributed by atoms with Crippen molar-refractivity contribution in [2.75, 3.05) is 24.9 Å². The molecular formula is C28H29N3O3. The quantitative estimate of drug-likeness (QED) is 0.526. The molecule has 3 aromatic rings. The number of fused-ring (bicyclic) bond motifs is 1. The second-order valence-corrected chi connectivity index (χ2v) is 8.99. The van der Waals surface area contributed by atoms with E-state index in [9.17, 15) is 4.79 Å². The molecule has 2 unspecified atom stereocenters. The summed E-state index contributed by atoms with van der Waals surface area (Å²) in [5.74, 6) is 1.63. The normalized spacial score (nSPS) is 19.4. The number of allylic oxidation sites excluding steroid dienone is 1. The van der Waals surface area contributed by atoms with Crippen molar-refractivity contribution >= 4 is 17.2 Å². The van der Waals surface area contributed by atoms with Crippen LogP contribution in [0.15, 0.2) is 66.1 Å². The molecule has 2 heterocycles. The van der Waals surface area contributed by atoms with E-state index < -0.39 is 0 Å². The van der Waals surface area contributed by atoms with E-state index in [-0.39, 0.29) is 17.7 Å². The average molecular weight is 456 g/mol. The van der Waals surface area contributed by atoms with Gasteiger partial charge in [-0.1, -0.05) is 0 Å². The lowest BCUT2D eigenvalue weighted by Gasteiger charge is -2.30. The summed E-state index contributed by atoms with van der Waals surface area (Å²) >= 11 is 0. The summed E-state index contributed by atoms with van der Waals surface area (Å²) in [5.41, 5.74) is 8.11. The molecule has 0 saturated carbocycles. The van der Waals surface area contributed by atoms with Gasteiger partial charge < -0.3 is 20.1 Å². The molecule has 0 spiro atoms. The molecule has 6 nitrogen and oxygen atoms in total. The average Bonchev–Trinajstić information content (AvgIpc) is 3.01. The van der Waals surface area contributed by atoms with Crippen molar-refractivity contribution < 1.29 is 14.3 Å². The molecule has 2 atom stereocenters. The monoisotopic (exact) mass is 455 g/mol. The molecule has 0 bridgehead atoms. The van der Waals surface area contributed by atoms with Gasteiger partial charge in [-0.25, -0.2) is 0 Å². The van der Waals surface area contributed by atoms with Crippen LogP contribution in [0.5, 0.6) is 11.5 Å². The topological polar surface area (TPSA) is 72.5 Å². The highest BCUT2D eigenvalue weighted by Gasteiger charge is 2.37. The molecule has 174 valence electrons. The summed E-state index contributed by atoms with van der Waals surface area (Å²) in [7, 11) is 3.31. The fraction of sp³-hybridized carbons (Fsp3) is 0.286. The summed E-state index contributed by atoms with van der Waals surface area (Å²) in [6.45, 7) is 4.21. The molecule has 34 heavy (non-hydrogen) atoms. The minimum Gasteiger partial charge on any atom is -0.497 e. The Labute approximate surface area is 200 Å². The highest BCUT2D eigenvalue weighted by molar-refractivity contribution is 6.01. The van der Waals surface area contributed by atoms with Gasteiger partial charge in [0.15, 0.2) is 5.78 Å². The standard InChI is InChI=1S/C28H29N3O3/c1-16-11-22-23(12-17(16)2)31-28(18-7-9-29-10-8-18)27-24(30-22)13-19(14-25(27)32)21-15-20(33-3)5-6-26(21)34-4/h5-12,15,19,28,30-31H,13-14H2,1-4H3. The molecule has 1 aliphatic heterocycles. The van der Waals surface area contributed by atoms with Crippen molar-refractivity contribution in [1.82, 2.24) is 4.98 Å². The first-order valence-electron chi connectivity index (χ1n) is 11.5. The lowest BCUT2D eigenvalue weighted by atomic mass is 9.78. The zero-order chi connectivity index (χ0) is 23.8. The van der Waals surface area contributed by atoms with Crippen LogP contribution in [-0.4, -0.2) is 25.0 Å². The van der Waals surface area contributed by atoms with Crippen molar-refractivity contribution in [1.29, 1.82) is 0 Å². The van der Waals surface area contributed by atoms with Crippen LogP contribution in [-0.2, 0) is 4.79 Å². The Morgan fingerprint density at radius 2 is 1.65 bits per heavy atom. The lowest BCUT2D eigenvalue weighted by Crippen LogP contribution is -2.27. The number of carbonyl (C=O) groups excluding carboxylic acids is 1. The second kappa shape index (κ2) is 8.86. The van der Waals surface area contributed by atoms with Crippen LogP contribution in [0.4, 0.5) is 11.4 Å². The summed E-state index contributed by atoms with van der Waals surface area (Å²) in [6.07, 6.45) is 4.64. The molecule has 6 heteroatoms. The molecule has 0 fully saturated rings. The number of hydrogen-bond donors (Lipinski definition) is 2. The van der Waals surface area contributed by atoms with Gasteiger partial charge >= 0.3 is 0 Å². The van der Waals surface area contributed by atoms with Crippen molar-refractivity contribution in [2.24, 2.45) is 0 Å². The SMILES string of the molecule is COc1ccc(OC)c(C2CC(=O)C3=C(C2)Nc2cc(C)c(C)cc2NC3c2ccncc2)c1.